The molecule has 3 rings (SSSR count). The van der Waals surface area contributed by atoms with Gasteiger partial charge in [0.25, 0.3) is 0 Å². The monoisotopic (exact) mass is 582 g/mol. The average molecular weight is 583 g/mol. The maximum Gasteiger partial charge on any atom is 0.152 e. The van der Waals surface area contributed by atoms with Crippen molar-refractivity contribution in [2.45, 2.75) is 121 Å². The Morgan fingerprint density at radius 2 is 2.00 bits per heavy atom. The fourth-order valence-corrected chi connectivity index (χ4v) is 7.98. The molecule has 40 heavy (non-hydrogen) atoms. The number of allylic oxidation sites excluding steroid dienone is 2. The number of ether oxygens (including phenoxy) is 1. The lowest BCUT2D eigenvalue weighted by Gasteiger charge is -2.53. The van der Waals surface area contributed by atoms with Crippen molar-refractivity contribution in [2.24, 2.45) is 29.1 Å². The molecule has 8 atom stereocenters. The number of alkyl halides is 1. The van der Waals surface area contributed by atoms with Crippen LogP contribution in [0.1, 0.15) is 97.8 Å². The number of aliphatic hydroxyl groups is 3. The topological polar surface area (TPSA) is 85.2 Å². The molecule has 0 saturated carbocycles. The van der Waals surface area contributed by atoms with Gasteiger partial charge in [-0.2, -0.15) is 0 Å². The Kier molecular flexibility index (Phi) is 13.3. The Labute approximate surface area is 249 Å². The summed E-state index contributed by atoms with van der Waals surface area (Å²) in [6.45, 7) is 18.4. The van der Waals surface area contributed by atoms with Gasteiger partial charge in [-0.15, -0.1) is 18.2 Å². The molecular formula is C33H59ClN2O4. The molecule has 3 saturated heterocycles. The highest BCUT2D eigenvalue weighted by Gasteiger charge is 2.50. The van der Waals surface area contributed by atoms with Gasteiger partial charge < -0.3 is 25.0 Å². The molecule has 8 unspecified atom stereocenters. The first-order valence-electron chi connectivity index (χ1n) is 16.1. The largest absolute Gasteiger partial charge is 0.480 e. The molecule has 0 spiro atoms. The number of likely N-dealkylation sites (tertiary alicyclic amines) is 1. The van der Waals surface area contributed by atoms with Gasteiger partial charge in [-0.25, -0.2) is 0 Å². The number of nitrogens with zero attached hydrogens (tertiary/aromatic N) is 1. The zero-order chi connectivity index (χ0) is 29.3. The molecule has 0 radical (unpaired) electrons. The van der Waals surface area contributed by atoms with Crippen LogP contribution in [-0.2, 0) is 4.74 Å². The minimum atomic E-state index is -0.688. The second-order valence-corrected chi connectivity index (χ2v) is 14.4. The quantitative estimate of drug-likeness (QED) is 0.171. The fraction of sp³-hybridized carbons (Fsp3) is 0.879. The molecule has 0 aromatic heterocycles. The maximum absolute atomic E-state index is 11.8. The SMILES string of the molecule is C=CC(Cl)CCC(C)C1(O)CCN(CCCC2CCC(CC(O)CO)CCC(=C)OC3NCCCC23)CC1(C)C. The van der Waals surface area contributed by atoms with Gasteiger partial charge in [0.05, 0.1) is 29.4 Å². The zero-order valence-corrected chi connectivity index (χ0v) is 26.4. The van der Waals surface area contributed by atoms with Crippen molar-refractivity contribution >= 4 is 11.6 Å². The van der Waals surface area contributed by atoms with Crippen molar-refractivity contribution in [2.75, 3.05) is 32.8 Å². The molecule has 4 N–H and O–H groups in total. The molecule has 3 aliphatic rings. The van der Waals surface area contributed by atoms with Crippen LogP contribution in [0.4, 0.5) is 0 Å². The molecular weight excluding hydrogens is 524 g/mol. The fourth-order valence-electron chi connectivity index (χ4n) is 7.85. The summed E-state index contributed by atoms with van der Waals surface area (Å²) in [5.74, 6) is 2.44. The molecule has 0 bridgehead atoms. The van der Waals surface area contributed by atoms with Crippen molar-refractivity contribution in [3.63, 3.8) is 0 Å². The van der Waals surface area contributed by atoms with Gasteiger partial charge >= 0.3 is 0 Å². The van der Waals surface area contributed by atoms with Crippen LogP contribution in [0.3, 0.4) is 0 Å². The molecule has 6 nitrogen and oxygen atoms in total. The first kappa shape index (κ1) is 33.9. The van der Waals surface area contributed by atoms with Gasteiger partial charge in [-0.3, -0.25) is 5.32 Å². The maximum atomic E-state index is 11.8. The van der Waals surface area contributed by atoms with E-state index in [-0.39, 0.29) is 29.5 Å². The van der Waals surface area contributed by atoms with Crippen LogP contribution in [0, 0.1) is 29.1 Å². The molecule has 3 fully saturated rings. The second-order valence-electron chi connectivity index (χ2n) is 13.9. The van der Waals surface area contributed by atoms with Crippen LogP contribution < -0.4 is 5.32 Å². The lowest BCUT2D eigenvalue weighted by Crippen LogP contribution is -2.60. The van der Waals surface area contributed by atoms with Gasteiger partial charge in [0.2, 0.25) is 0 Å². The van der Waals surface area contributed by atoms with Crippen LogP contribution in [-0.4, -0.2) is 76.3 Å². The van der Waals surface area contributed by atoms with Crippen molar-refractivity contribution in [1.29, 1.82) is 0 Å². The summed E-state index contributed by atoms with van der Waals surface area (Å²) in [5.41, 5.74) is -0.878. The Hall–Kier alpha value is -0.630. The molecule has 0 aromatic rings. The number of fused-ring (bicyclic) bond motifs is 1. The van der Waals surface area contributed by atoms with Gasteiger partial charge in [0.1, 0.15) is 0 Å². The normalized spacial score (nSPS) is 34.2. The molecule has 7 heteroatoms. The minimum Gasteiger partial charge on any atom is -0.480 e. The third kappa shape index (κ3) is 9.18. The standard InChI is InChI=1S/C33H59ClN2O4/c1-6-28(34)16-11-24(2)33(39)17-20-36(23-32(33,4)5)19-8-9-27-15-14-26(21-29(38)22-37)13-12-25(3)40-31-30(27)10-7-18-35-31/h6,24,26-31,35,37-39H,1,3,7-23H2,2,4-5H3. The van der Waals surface area contributed by atoms with Gasteiger partial charge in [-0.05, 0) is 95.1 Å². The molecule has 232 valence electrons. The summed E-state index contributed by atoms with van der Waals surface area (Å²) in [5, 5.41) is 35.0. The zero-order valence-electron chi connectivity index (χ0n) is 25.6. The first-order chi connectivity index (χ1) is 19.0. The average Bonchev–Trinajstić information content (AvgIpc) is 2.93. The number of piperidine rings is 2. The summed E-state index contributed by atoms with van der Waals surface area (Å²) >= 11 is 6.29. The Morgan fingerprint density at radius 3 is 2.70 bits per heavy atom. The molecule has 0 aliphatic carbocycles. The number of aliphatic hydroxyl groups excluding tert-OH is 2. The predicted octanol–water partition coefficient (Wildman–Crippen LogP) is 5.85. The van der Waals surface area contributed by atoms with Crippen molar-refractivity contribution in [1.82, 2.24) is 10.2 Å². The highest BCUT2D eigenvalue weighted by Crippen LogP contribution is 2.45. The summed E-state index contributed by atoms with van der Waals surface area (Å²) < 4.78 is 6.38. The highest BCUT2D eigenvalue weighted by molar-refractivity contribution is 6.21. The summed E-state index contributed by atoms with van der Waals surface area (Å²) in [4.78, 5) is 2.56. The first-order valence-corrected chi connectivity index (χ1v) is 16.5. The Balaban J connectivity index is 1.59. The second kappa shape index (κ2) is 15.7. The summed E-state index contributed by atoms with van der Waals surface area (Å²) in [6, 6.07) is 0. The van der Waals surface area contributed by atoms with E-state index < -0.39 is 11.7 Å². The van der Waals surface area contributed by atoms with Crippen LogP contribution in [0.2, 0.25) is 0 Å². The molecule has 0 amide bonds. The summed E-state index contributed by atoms with van der Waals surface area (Å²) in [7, 11) is 0. The minimum absolute atomic E-state index is 0.0336. The van der Waals surface area contributed by atoms with E-state index in [4.69, 9.17) is 16.3 Å². The van der Waals surface area contributed by atoms with E-state index in [1.54, 1.807) is 6.08 Å². The van der Waals surface area contributed by atoms with E-state index in [1.165, 1.54) is 12.8 Å². The number of halogens is 1. The van der Waals surface area contributed by atoms with E-state index in [2.05, 4.69) is 44.1 Å². The Bertz CT molecular complexity index is 794. The lowest BCUT2D eigenvalue weighted by molar-refractivity contribution is -0.152. The molecule has 3 heterocycles. The third-order valence-corrected chi connectivity index (χ3v) is 10.9. The lowest BCUT2D eigenvalue weighted by atomic mass is 9.63. The van der Waals surface area contributed by atoms with Crippen LogP contribution >= 0.6 is 11.6 Å². The van der Waals surface area contributed by atoms with Crippen LogP contribution in [0.15, 0.2) is 25.0 Å². The van der Waals surface area contributed by atoms with E-state index in [0.29, 0.717) is 24.2 Å². The smallest absolute Gasteiger partial charge is 0.152 e. The van der Waals surface area contributed by atoms with Gasteiger partial charge in [-0.1, -0.05) is 39.8 Å². The van der Waals surface area contributed by atoms with Crippen LogP contribution in [0.5, 0.6) is 0 Å². The summed E-state index contributed by atoms with van der Waals surface area (Å²) in [6.07, 6.45) is 13.0. The number of hydrogen-bond acceptors (Lipinski definition) is 6. The van der Waals surface area contributed by atoms with E-state index >= 15 is 0 Å². The van der Waals surface area contributed by atoms with Crippen LogP contribution in [0.25, 0.3) is 0 Å². The molecule has 0 aromatic carbocycles. The van der Waals surface area contributed by atoms with Crippen molar-refractivity contribution in [3.8, 4) is 0 Å². The number of nitrogens with one attached hydrogen (secondary N) is 1. The highest BCUT2D eigenvalue weighted by atomic mass is 35.5. The third-order valence-electron chi connectivity index (χ3n) is 10.5. The Morgan fingerprint density at radius 1 is 1.23 bits per heavy atom. The van der Waals surface area contributed by atoms with E-state index in [0.717, 1.165) is 89.7 Å². The van der Waals surface area contributed by atoms with Crippen molar-refractivity contribution < 1.29 is 20.1 Å². The van der Waals surface area contributed by atoms with Gasteiger partial charge in [0, 0.05) is 30.8 Å². The van der Waals surface area contributed by atoms with E-state index in [1.807, 2.05) is 0 Å². The van der Waals surface area contributed by atoms with Gasteiger partial charge in [0.15, 0.2) is 6.23 Å². The van der Waals surface area contributed by atoms with E-state index in [9.17, 15) is 15.3 Å². The molecule has 3 aliphatic heterocycles. The predicted molar refractivity (Wildman–Crippen MR) is 165 cm³/mol. The number of hydrogen-bond donors (Lipinski definition) is 4. The van der Waals surface area contributed by atoms with Crippen molar-refractivity contribution in [3.05, 3.63) is 25.0 Å². The number of rotatable bonds is 12.